The average Bonchev–Trinajstić information content (AvgIpc) is 2.77. The molecule has 0 spiro atoms. The minimum atomic E-state index is -4.45. The van der Waals surface area contributed by atoms with E-state index >= 15 is 0 Å². The molecule has 0 saturated carbocycles. The van der Waals surface area contributed by atoms with Crippen molar-refractivity contribution < 1.29 is 13.2 Å². The van der Waals surface area contributed by atoms with E-state index in [4.69, 9.17) is 11.6 Å². The number of nitrogens with one attached hydrogen (secondary N) is 1. The van der Waals surface area contributed by atoms with E-state index in [-0.39, 0.29) is 16.4 Å². The highest BCUT2D eigenvalue weighted by Gasteiger charge is 2.36. The van der Waals surface area contributed by atoms with Crippen LogP contribution in [0.15, 0.2) is 12.1 Å². The standard InChI is InChI=1S/C11H9ClF3N3.C2H6/c1-5-3-4-7(16-10(5)12)8-6(2)9(18-17-8)11(13,14)15;1-2/h3-4H,1-2H3,(H,17,18);1-2H3. The van der Waals surface area contributed by atoms with Gasteiger partial charge in [-0.05, 0) is 25.5 Å². The molecule has 0 saturated heterocycles. The third-order valence-electron chi connectivity index (χ3n) is 2.57. The van der Waals surface area contributed by atoms with Gasteiger partial charge >= 0.3 is 6.18 Å². The van der Waals surface area contributed by atoms with E-state index < -0.39 is 11.9 Å². The third-order valence-corrected chi connectivity index (χ3v) is 2.95. The van der Waals surface area contributed by atoms with Gasteiger partial charge in [-0.2, -0.15) is 18.3 Å². The molecule has 0 bridgehead atoms. The van der Waals surface area contributed by atoms with Crippen LogP contribution in [-0.2, 0) is 6.18 Å². The summed E-state index contributed by atoms with van der Waals surface area (Å²) in [5.74, 6) is 0. The van der Waals surface area contributed by atoms with Gasteiger partial charge in [0.05, 0.1) is 5.69 Å². The number of aromatic nitrogens is 3. The van der Waals surface area contributed by atoms with Crippen molar-refractivity contribution >= 4 is 11.6 Å². The summed E-state index contributed by atoms with van der Waals surface area (Å²) in [5, 5.41) is 5.90. The van der Waals surface area contributed by atoms with Crippen molar-refractivity contribution in [1.82, 2.24) is 15.2 Å². The summed E-state index contributed by atoms with van der Waals surface area (Å²) in [7, 11) is 0. The Morgan fingerprint density at radius 2 is 1.75 bits per heavy atom. The van der Waals surface area contributed by atoms with Crippen molar-refractivity contribution in [3.05, 3.63) is 34.1 Å². The van der Waals surface area contributed by atoms with E-state index in [1.54, 1.807) is 19.1 Å². The van der Waals surface area contributed by atoms with Crippen molar-refractivity contribution in [2.75, 3.05) is 0 Å². The first kappa shape index (κ1) is 16.5. The molecule has 0 radical (unpaired) electrons. The molecule has 0 atom stereocenters. The van der Waals surface area contributed by atoms with Gasteiger partial charge in [-0.15, -0.1) is 0 Å². The fourth-order valence-corrected chi connectivity index (χ4v) is 1.71. The number of nitrogens with zero attached hydrogens (tertiary/aromatic N) is 2. The summed E-state index contributed by atoms with van der Waals surface area (Å²) in [6.07, 6.45) is -4.45. The fraction of sp³-hybridized carbons (Fsp3) is 0.385. The van der Waals surface area contributed by atoms with Gasteiger partial charge in [0.1, 0.15) is 16.5 Å². The Balaban J connectivity index is 0.000000956. The van der Waals surface area contributed by atoms with Gasteiger partial charge in [-0.1, -0.05) is 31.5 Å². The predicted octanol–water partition coefficient (Wildman–Crippen LogP) is 4.79. The zero-order valence-electron chi connectivity index (χ0n) is 11.6. The van der Waals surface area contributed by atoms with Crippen LogP contribution in [0.1, 0.15) is 30.7 Å². The van der Waals surface area contributed by atoms with Gasteiger partial charge in [0.15, 0.2) is 0 Å². The topological polar surface area (TPSA) is 41.6 Å². The average molecular weight is 306 g/mol. The largest absolute Gasteiger partial charge is 0.433 e. The van der Waals surface area contributed by atoms with Crippen LogP contribution >= 0.6 is 11.6 Å². The number of H-pyrrole nitrogens is 1. The smallest absolute Gasteiger partial charge is 0.273 e. The first-order valence-corrected chi connectivity index (χ1v) is 6.44. The highest BCUT2D eigenvalue weighted by molar-refractivity contribution is 6.30. The maximum Gasteiger partial charge on any atom is 0.433 e. The van der Waals surface area contributed by atoms with E-state index in [0.717, 1.165) is 5.56 Å². The number of aromatic amines is 1. The Hall–Kier alpha value is -1.56. The van der Waals surface area contributed by atoms with Crippen molar-refractivity contribution in [3.63, 3.8) is 0 Å². The second kappa shape index (κ2) is 6.26. The van der Waals surface area contributed by atoms with Gasteiger partial charge in [0, 0.05) is 5.56 Å². The lowest BCUT2D eigenvalue weighted by atomic mass is 10.1. The van der Waals surface area contributed by atoms with E-state index in [9.17, 15) is 13.2 Å². The molecule has 2 aromatic heterocycles. The first-order chi connectivity index (χ1) is 9.30. The molecule has 2 heterocycles. The minimum absolute atomic E-state index is 0.00918. The molecule has 0 aliphatic heterocycles. The number of hydrogen-bond donors (Lipinski definition) is 1. The lowest BCUT2D eigenvalue weighted by molar-refractivity contribution is -0.141. The molecule has 0 amide bonds. The van der Waals surface area contributed by atoms with Gasteiger partial charge < -0.3 is 0 Å². The molecule has 20 heavy (non-hydrogen) atoms. The van der Waals surface area contributed by atoms with Gasteiger partial charge in [-0.25, -0.2) is 4.98 Å². The number of pyridine rings is 1. The normalized spacial score (nSPS) is 11.0. The maximum atomic E-state index is 12.6. The van der Waals surface area contributed by atoms with Crippen LogP contribution in [0.25, 0.3) is 11.4 Å². The summed E-state index contributed by atoms with van der Waals surface area (Å²) in [6.45, 7) is 7.11. The minimum Gasteiger partial charge on any atom is -0.273 e. The highest BCUT2D eigenvalue weighted by Crippen LogP contribution is 2.34. The molecule has 0 fully saturated rings. The fourth-order valence-electron chi connectivity index (χ4n) is 1.56. The quantitative estimate of drug-likeness (QED) is 0.770. The molecule has 2 rings (SSSR count). The van der Waals surface area contributed by atoms with Gasteiger partial charge in [0.2, 0.25) is 0 Å². The van der Waals surface area contributed by atoms with Crippen LogP contribution in [0.4, 0.5) is 13.2 Å². The van der Waals surface area contributed by atoms with E-state index in [2.05, 4.69) is 10.1 Å². The number of rotatable bonds is 1. The number of hydrogen-bond acceptors (Lipinski definition) is 2. The van der Waals surface area contributed by atoms with Crippen molar-refractivity contribution in [2.24, 2.45) is 0 Å². The summed E-state index contributed by atoms with van der Waals surface area (Å²) in [6, 6.07) is 3.27. The third kappa shape index (κ3) is 3.30. The summed E-state index contributed by atoms with van der Waals surface area (Å²) in [4.78, 5) is 4.01. The molecule has 2 aromatic rings. The van der Waals surface area contributed by atoms with E-state index in [0.29, 0.717) is 5.69 Å². The number of halogens is 4. The highest BCUT2D eigenvalue weighted by atomic mass is 35.5. The Bertz CT molecular complexity index is 591. The summed E-state index contributed by atoms with van der Waals surface area (Å²) < 4.78 is 37.8. The number of aryl methyl sites for hydroxylation is 1. The molecule has 1 N–H and O–H groups in total. The first-order valence-electron chi connectivity index (χ1n) is 6.06. The second-order valence-electron chi connectivity index (χ2n) is 3.87. The van der Waals surface area contributed by atoms with Crippen LogP contribution in [0.2, 0.25) is 5.15 Å². The number of alkyl halides is 3. The van der Waals surface area contributed by atoms with Crippen LogP contribution in [0.3, 0.4) is 0 Å². The van der Waals surface area contributed by atoms with E-state index in [1.165, 1.54) is 6.92 Å². The molecule has 0 unspecified atom stereocenters. The van der Waals surface area contributed by atoms with Gasteiger partial charge in [-0.3, -0.25) is 5.10 Å². The van der Waals surface area contributed by atoms with Crippen LogP contribution in [0.5, 0.6) is 0 Å². The molecule has 110 valence electrons. The molecule has 0 aromatic carbocycles. The molecule has 0 aliphatic rings. The molecule has 7 heteroatoms. The van der Waals surface area contributed by atoms with Crippen molar-refractivity contribution in [1.29, 1.82) is 0 Å². The van der Waals surface area contributed by atoms with E-state index in [1.807, 2.05) is 18.9 Å². The van der Waals surface area contributed by atoms with Crippen LogP contribution in [0, 0.1) is 13.8 Å². The Labute approximate surface area is 120 Å². The van der Waals surface area contributed by atoms with Gasteiger partial charge in [0.25, 0.3) is 0 Å². The summed E-state index contributed by atoms with van der Waals surface area (Å²) >= 11 is 5.84. The van der Waals surface area contributed by atoms with Crippen molar-refractivity contribution in [2.45, 2.75) is 33.9 Å². The lowest BCUT2D eigenvalue weighted by Gasteiger charge is -2.04. The lowest BCUT2D eigenvalue weighted by Crippen LogP contribution is -2.07. The van der Waals surface area contributed by atoms with Crippen molar-refractivity contribution in [3.8, 4) is 11.4 Å². The van der Waals surface area contributed by atoms with Crippen LogP contribution < -0.4 is 0 Å². The SMILES string of the molecule is CC.Cc1ccc(-c2n[nH]c(C(F)(F)F)c2C)nc1Cl. The predicted molar refractivity (Wildman–Crippen MR) is 72.7 cm³/mol. The summed E-state index contributed by atoms with van der Waals surface area (Å²) in [5.41, 5.74) is 0.370. The molecule has 0 aliphatic carbocycles. The monoisotopic (exact) mass is 305 g/mol. The molecular formula is C13H15ClF3N3. The zero-order chi connectivity index (χ0) is 15.5. The maximum absolute atomic E-state index is 12.6. The molecular weight excluding hydrogens is 291 g/mol. The Kier molecular flexibility index (Phi) is 5.16. The zero-order valence-corrected chi connectivity index (χ0v) is 12.3. The Morgan fingerprint density at radius 3 is 2.20 bits per heavy atom. The van der Waals surface area contributed by atoms with Crippen LogP contribution in [-0.4, -0.2) is 15.2 Å². The second-order valence-corrected chi connectivity index (χ2v) is 4.23. The Morgan fingerprint density at radius 1 is 1.15 bits per heavy atom. The molecule has 3 nitrogen and oxygen atoms in total.